The van der Waals surface area contributed by atoms with E-state index in [4.69, 9.17) is 22.4 Å². The average molecular weight is 228 g/mol. The summed E-state index contributed by atoms with van der Waals surface area (Å²) in [5.74, 6) is 0.126. The Labute approximate surface area is 96.1 Å². The molecule has 1 rings (SSSR count). The van der Waals surface area contributed by atoms with E-state index in [1.807, 2.05) is 38.1 Å². The Morgan fingerprint density at radius 1 is 1.47 bits per heavy atom. The molecule has 0 fully saturated rings. The van der Waals surface area contributed by atoms with E-state index in [-0.39, 0.29) is 18.1 Å². The van der Waals surface area contributed by atoms with E-state index < -0.39 is 0 Å². The molecule has 0 amide bonds. The van der Waals surface area contributed by atoms with Gasteiger partial charge in [-0.2, -0.15) is 0 Å². The van der Waals surface area contributed by atoms with Crippen molar-refractivity contribution in [2.24, 2.45) is 5.73 Å². The number of hydrogen-bond acceptors (Lipinski definition) is 2. The van der Waals surface area contributed by atoms with Gasteiger partial charge in [0.1, 0.15) is 0 Å². The van der Waals surface area contributed by atoms with E-state index in [1.165, 1.54) is 0 Å². The van der Waals surface area contributed by atoms with E-state index in [1.54, 1.807) is 0 Å². The second-order valence-electron chi connectivity index (χ2n) is 4.44. The number of rotatable bonds is 4. The zero-order chi connectivity index (χ0) is 11.5. The molecular weight excluding hydrogens is 210 g/mol. The van der Waals surface area contributed by atoms with Gasteiger partial charge in [-0.25, -0.2) is 0 Å². The summed E-state index contributed by atoms with van der Waals surface area (Å²) in [4.78, 5) is 0. The fourth-order valence-electron chi connectivity index (χ4n) is 1.82. The van der Waals surface area contributed by atoms with Crippen LogP contribution in [0, 0.1) is 0 Å². The topological polar surface area (TPSA) is 46.2 Å². The standard InChI is InChI=1S/C12H18ClNO/c1-12(2,14)11(6-7-15)9-4-3-5-10(13)8-9/h3-5,8,11,15H,6-7,14H2,1-2H3. The van der Waals surface area contributed by atoms with Crippen LogP contribution >= 0.6 is 11.6 Å². The first-order chi connectivity index (χ1) is 6.95. The molecule has 84 valence electrons. The molecule has 1 atom stereocenters. The number of benzene rings is 1. The van der Waals surface area contributed by atoms with Crippen LogP contribution in [0.4, 0.5) is 0 Å². The summed E-state index contributed by atoms with van der Waals surface area (Å²) >= 11 is 5.94. The fourth-order valence-corrected chi connectivity index (χ4v) is 2.02. The highest BCUT2D eigenvalue weighted by Gasteiger charge is 2.26. The Kier molecular flexibility index (Phi) is 4.14. The van der Waals surface area contributed by atoms with Gasteiger partial charge in [0.05, 0.1) is 0 Å². The molecule has 0 aliphatic heterocycles. The predicted octanol–water partition coefficient (Wildman–Crippen LogP) is 2.54. The molecule has 0 heterocycles. The summed E-state index contributed by atoms with van der Waals surface area (Å²) in [5.41, 5.74) is 6.83. The molecule has 0 saturated heterocycles. The van der Waals surface area contributed by atoms with Crippen molar-refractivity contribution in [3.63, 3.8) is 0 Å². The van der Waals surface area contributed by atoms with Gasteiger partial charge in [-0.1, -0.05) is 23.7 Å². The monoisotopic (exact) mass is 227 g/mol. The Hall–Kier alpha value is -0.570. The Morgan fingerprint density at radius 3 is 2.60 bits per heavy atom. The quantitative estimate of drug-likeness (QED) is 0.831. The average Bonchev–Trinajstić information content (AvgIpc) is 2.12. The SMILES string of the molecule is CC(C)(N)C(CCO)c1cccc(Cl)c1. The first kappa shape index (κ1) is 12.5. The number of hydrogen-bond donors (Lipinski definition) is 2. The van der Waals surface area contributed by atoms with E-state index in [2.05, 4.69) is 0 Å². The second kappa shape index (κ2) is 4.97. The van der Waals surface area contributed by atoms with E-state index in [0.29, 0.717) is 11.4 Å². The van der Waals surface area contributed by atoms with Crippen molar-refractivity contribution < 1.29 is 5.11 Å². The summed E-state index contributed by atoms with van der Waals surface area (Å²) in [7, 11) is 0. The lowest BCUT2D eigenvalue weighted by atomic mass is 9.81. The van der Waals surface area contributed by atoms with Gasteiger partial charge in [0.25, 0.3) is 0 Å². The predicted molar refractivity (Wildman–Crippen MR) is 64.2 cm³/mol. The third kappa shape index (κ3) is 3.49. The maximum atomic E-state index is 9.04. The number of aliphatic hydroxyl groups is 1. The number of aliphatic hydroxyl groups excluding tert-OH is 1. The third-order valence-electron chi connectivity index (χ3n) is 2.57. The lowest BCUT2D eigenvalue weighted by Crippen LogP contribution is -2.39. The van der Waals surface area contributed by atoms with Gasteiger partial charge < -0.3 is 10.8 Å². The van der Waals surface area contributed by atoms with Gasteiger partial charge >= 0.3 is 0 Å². The van der Waals surface area contributed by atoms with Crippen LogP contribution in [0.3, 0.4) is 0 Å². The first-order valence-electron chi connectivity index (χ1n) is 5.10. The minimum absolute atomic E-state index is 0.126. The molecule has 0 bridgehead atoms. The van der Waals surface area contributed by atoms with Gasteiger partial charge in [-0.15, -0.1) is 0 Å². The molecule has 2 nitrogen and oxygen atoms in total. The maximum Gasteiger partial charge on any atom is 0.0437 e. The number of nitrogens with two attached hydrogens (primary N) is 1. The van der Waals surface area contributed by atoms with Crippen LogP contribution < -0.4 is 5.73 Å². The van der Waals surface area contributed by atoms with E-state index in [0.717, 1.165) is 5.56 Å². The van der Waals surface area contributed by atoms with Crippen molar-refractivity contribution in [1.82, 2.24) is 0 Å². The van der Waals surface area contributed by atoms with Crippen molar-refractivity contribution >= 4 is 11.6 Å². The van der Waals surface area contributed by atoms with Gasteiger partial charge in [0, 0.05) is 23.1 Å². The first-order valence-corrected chi connectivity index (χ1v) is 5.48. The highest BCUT2D eigenvalue weighted by molar-refractivity contribution is 6.30. The second-order valence-corrected chi connectivity index (χ2v) is 4.88. The smallest absolute Gasteiger partial charge is 0.0437 e. The van der Waals surface area contributed by atoms with Gasteiger partial charge in [0.2, 0.25) is 0 Å². The Morgan fingerprint density at radius 2 is 2.13 bits per heavy atom. The summed E-state index contributed by atoms with van der Waals surface area (Å²) in [6, 6.07) is 7.66. The van der Waals surface area contributed by atoms with Crippen molar-refractivity contribution in [2.45, 2.75) is 31.7 Å². The third-order valence-corrected chi connectivity index (χ3v) is 2.80. The molecule has 0 saturated carbocycles. The summed E-state index contributed by atoms with van der Waals surface area (Å²) in [6.07, 6.45) is 0.657. The largest absolute Gasteiger partial charge is 0.396 e. The molecule has 3 N–H and O–H groups in total. The lowest BCUT2D eigenvalue weighted by Gasteiger charge is -2.30. The van der Waals surface area contributed by atoms with Crippen molar-refractivity contribution in [3.8, 4) is 0 Å². The van der Waals surface area contributed by atoms with E-state index in [9.17, 15) is 0 Å². The molecular formula is C12H18ClNO. The molecule has 0 spiro atoms. The molecule has 15 heavy (non-hydrogen) atoms. The van der Waals surface area contributed by atoms with Crippen LogP contribution in [0.5, 0.6) is 0 Å². The van der Waals surface area contributed by atoms with E-state index >= 15 is 0 Å². The zero-order valence-corrected chi connectivity index (χ0v) is 9.96. The van der Waals surface area contributed by atoms with Crippen LogP contribution in [-0.4, -0.2) is 17.3 Å². The normalized spacial score (nSPS) is 13.9. The maximum absolute atomic E-state index is 9.04. The zero-order valence-electron chi connectivity index (χ0n) is 9.20. The van der Waals surface area contributed by atoms with Gasteiger partial charge in [-0.05, 0) is 38.0 Å². The minimum atomic E-state index is -0.354. The fraction of sp³-hybridized carbons (Fsp3) is 0.500. The van der Waals surface area contributed by atoms with Crippen LogP contribution in [0.2, 0.25) is 5.02 Å². The lowest BCUT2D eigenvalue weighted by molar-refractivity contribution is 0.250. The molecule has 3 heteroatoms. The number of halogens is 1. The molecule has 0 aliphatic rings. The van der Waals surface area contributed by atoms with Crippen molar-refractivity contribution in [1.29, 1.82) is 0 Å². The van der Waals surface area contributed by atoms with Crippen molar-refractivity contribution in [3.05, 3.63) is 34.9 Å². The van der Waals surface area contributed by atoms with Gasteiger partial charge in [0.15, 0.2) is 0 Å². The van der Waals surface area contributed by atoms with Crippen LogP contribution in [0.15, 0.2) is 24.3 Å². The van der Waals surface area contributed by atoms with Gasteiger partial charge in [-0.3, -0.25) is 0 Å². The van der Waals surface area contributed by atoms with Crippen molar-refractivity contribution in [2.75, 3.05) is 6.61 Å². The summed E-state index contributed by atoms with van der Waals surface area (Å²) in [5, 5.41) is 9.75. The Bertz CT molecular complexity index is 320. The minimum Gasteiger partial charge on any atom is -0.396 e. The summed E-state index contributed by atoms with van der Waals surface area (Å²) < 4.78 is 0. The van der Waals surface area contributed by atoms with Crippen LogP contribution in [0.25, 0.3) is 0 Å². The molecule has 1 unspecified atom stereocenters. The van der Waals surface area contributed by atoms with Crippen LogP contribution in [-0.2, 0) is 0 Å². The molecule has 0 aromatic heterocycles. The van der Waals surface area contributed by atoms with Crippen LogP contribution in [0.1, 0.15) is 31.7 Å². The molecule has 0 radical (unpaired) electrons. The highest BCUT2D eigenvalue weighted by Crippen LogP contribution is 2.30. The molecule has 1 aromatic carbocycles. The molecule has 0 aliphatic carbocycles. The summed E-state index contributed by atoms with van der Waals surface area (Å²) in [6.45, 7) is 4.07. The highest BCUT2D eigenvalue weighted by atomic mass is 35.5. The molecule has 1 aromatic rings. The Balaban J connectivity index is 2.99.